The summed E-state index contributed by atoms with van der Waals surface area (Å²) in [5, 5.41) is 3.79. The van der Waals surface area contributed by atoms with Crippen LogP contribution in [-0.2, 0) is 11.3 Å². The van der Waals surface area contributed by atoms with E-state index in [1.807, 2.05) is 37.5 Å². The average molecular weight is 292 g/mol. The Kier molecular flexibility index (Phi) is 4.32. The summed E-state index contributed by atoms with van der Waals surface area (Å²) in [6.07, 6.45) is 1.76. The predicted molar refractivity (Wildman–Crippen MR) is 81.8 cm³/mol. The van der Waals surface area contributed by atoms with Gasteiger partial charge in [-0.1, -0.05) is 11.8 Å². The molecule has 0 saturated carbocycles. The van der Waals surface area contributed by atoms with E-state index in [0.29, 0.717) is 5.75 Å². The second kappa shape index (κ2) is 5.83. The van der Waals surface area contributed by atoms with Crippen LogP contribution in [0.25, 0.3) is 11.2 Å². The van der Waals surface area contributed by atoms with E-state index in [1.54, 1.807) is 6.20 Å². The molecule has 2 aromatic rings. The molecule has 20 heavy (non-hydrogen) atoms. The van der Waals surface area contributed by atoms with Crippen LogP contribution in [0.4, 0.5) is 0 Å². The van der Waals surface area contributed by atoms with Gasteiger partial charge in [0.25, 0.3) is 0 Å². The molecule has 0 spiro atoms. The van der Waals surface area contributed by atoms with Crippen molar-refractivity contribution in [1.82, 2.24) is 19.9 Å². The second-order valence-electron chi connectivity index (χ2n) is 5.57. The summed E-state index contributed by atoms with van der Waals surface area (Å²) in [7, 11) is 0. The number of nitrogens with one attached hydrogen (secondary N) is 1. The molecule has 2 aromatic heterocycles. The zero-order valence-corrected chi connectivity index (χ0v) is 13.1. The predicted octanol–water partition coefficient (Wildman–Crippen LogP) is 2.46. The zero-order chi connectivity index (χ0) is 14.8. The molecule has 1 N–H and O–H groups in total. The number of fused-ring (bicyclic) bond motifs is 1. The number of pyridine rings is 1. The van der Waals surface area contributed by atoms with E-state index in [9.17, 15) is 4.79 Å². The lowest BCUT2D eigenvalue weighted by molar-refractivity contribution is -0.119. The molecule has 0 aliphatic heterocycles. The highest BCUT2D eigenvalue weighted by atomic mass is 32.2. The van der Waals surface area contributed by atoms with Crippen LogP contribution in [0.1, 0.15) is 27.7 Å². The van der Waals surface area contributed by atoms with Gasteiger partial charge >= 0.3 is 0 Å². The molecule has 6 heteroatoms. The van der Waals surface area contributed by atoms with Gasteiger partial charge in [0, 0.05) is 18.3 Å². The van der Waals surface area contributed by atoms with Crippen LogP contribution in [-0.4, -0.2) is 31.7 Å². The monoisotopic (exact) mass is 292 g/mol. The third kappa shape index (κ3) is 3.50. The Balaban J connectivity index is 2.12. The molecule has 0 bridgehead atoms. The van der Waals surface area contributed by atoms with E-state index in [2.05, 4.69) is 22.2 Å². The van der Waals surface area contributed by atoms with Crippen LogP contribution >= 0.6 is 11.8 Å². The summed E-state index contributed by atoms with van der Waals surface area (Å²) < 4.78 is 2.03. The van der Waals surface area contributed by atoms with E-state index in [4.69, 9.17) is 0 Å². The molecule has 0 aliphatic carbocycles. The molecule has 0 unspecified atom stereocenters. The number of nitrogens with zero attached hydrogens (tertiary/aromatic N) is 3. The van der Waals surface area contributed by atoms with Crippen LogP contribution in [0.3, 0.4) is 0 Å². The Morgan fingerprint density at radius 2 is 2.20 bits per heavy atom. The number of aromatic nitrogens is 3. The molecule has 0 aliphatic rings. The maximum Gasteiger partial charge on any atom is 0.230 e. The summed E-state index contributed by atoms with van der Waals surface area (Å²) in [4.78, 5) is 20.7. The molecule has 0 saturated heterocycles. The largest absolute Gasteiger partial charge is 0.351 e. The van der Waals surface area contributed by atoms with Crippen LogP contribution in [0, 0.1) is 0 Å². The number of hydrogen-bond donors (Lipinski definition) is 1. The Hall–Kier alpha value is -1.56. The molecule has 2 rings (SSSR count). The van der Waals surface area contributed by atoms with E-state index < -0.39 is 0 Å². The van der Waals surface area contributed by atoms with E-state index in [0.717, 1.165) is 22.9 Å². The van der Waals surface area contributed by atoms with Gasteiger partial charge in [0.1, 0.15) is 5.52 Å². The molecule has 0 fully saturated rings. The van der Waals surface area contributed by atoms with E-state index in [-0.39, 0.29) is 11.4 Å². The minimum atomic E-state index is -0.204. The number of rotatable bonds is 4. The van der Waals surface area contributed by atoms with Crippen molar-refractivity contribution in [3.05, 3.63) is 18.3 Å². The summed E-state index contributed by atoms with van der Waals surface area (Å²) in [6, 6.07) is 3.81. The number of carbonyl (C=O) groups is 1. The van der Waals surface area contributed by atoms with Crippen molar-refractivity contribution in [2.75, 3.05) is 5.75 Å². The summed E-state index contributed by atoms with van der Waals surface area (Å²) in [6.45, 7) is 8.76. The highest BCUT2D eigenvalue weighted by Gasteiger charge is 2.16. The Morgan fingerprint density at radius 1 is 1.45 bits per heavy atom. The van der Waals surface area contributed by atoms with Gasteiger partial charge < -0.3 is 9.88 Å². The van der Waals surface area contributed by atoms with Gasteiger partial charge in [-0.15, -0.1) is 0 Å². The fraction of sp³-hybridized carbons (Fsp3) is 0.500. The van der Waals surface area contributed by atoms with Gasteiger partial charge in [0.15, 0.2) is 10.8 Å². The lowest BCUT2D eigenvalue weighted by atomic mass is 10.1. The summed E-state index contributed by atoms with van der Waals surface area (Å²) >= 11 is 1.45. The van der Waals surface area contributed by atoms with Crippen molar-refractivity contribution >= 4 is 28.8 Å². The molecular formula is C14H20N4OS. The maximum atomic E-state index is 11.9. The van der Waals surface area contributed by atoms with Crippen LogP contribution in [0.15, 0.2) is 23.5 Å². The standard InChI is InChI=1S/C14H20N4OS/c1-5-18-12-10(7-6-8-15-12)16-13(18)20-9-11(19)17-14(2,3)4/h6-8H,5,9H2,1-4H3,(H,17,19). The molecule has 0 radical (unpaired) electrons. The number of hydrogen-bond acceptors (Lipinski definition) is 4. The maximum absolute atomic E-state index is 11.9. The fourth-order valence-corrected chi connectivity index (χ4v) is 2.78. The van der Waals surface area contributed by atoms with Gasteiger partial charge in [0.05, 0.1) is 5.75 Å². The Labute approximate surface area is 123 Å². The number of imidazole rings is 1. The number of carbonyl (C=O) groups excluding carboxylic acids is 1. The third-order valence-corrected chi connectivity index (χ3v) is 3.61. The van der Waals surface area contributed by atoms with Gasteiger partial charge in [-0.25, -0.2) is 9.97 Å². The molecule has 2 heterocycles. The first-order valence-electron chi connectivity index (χ1n) is 6.66. The molecule has 1 amide bonds. The molecular weight excluding hydrogens is 272 g/mol. The minimum absolute atomic E-state index is 0.0187. The van der Waals surface area contributed by atoms with Gasteiger partial charge in [-0.05, 0) is 39.8 Å². The van der Waals surface area contributed by atoms with Crippen LogP contribution in [0.2, 0.25) is 0 Å². The molecule has 0 atom stereocenters. The topological polar surface area (TPSA) is 59.8 Å². The molecule has 108 valence electrons. The highest BCUT2D eigenvalue weighted by molar-refractivity contribution is 7.99. The van der Waals surface area contributed by atoms with Crippen LogP contribution < -0.4 is 5.32 Å². The first-order valence-corrected chi connectivity index (χ1v) is 7.64. The van der Waals surface area contributed by atoms with Crippen molar-refractivity contribution in [3.8, 4) is 0 Å². The minimum Gasteiger partial charge on any atom is -0.351 e. The van der Waals surface area contributed by atoms with Crippen molar-refractivity contribution in [2.24, 2.45) is 0 Å². The number of amides is 1. The highest BCUT2D eigenvalue weighted by Crippen LogP contribution is 2.22. The first-order chi connectivity index (χ1) is 9.40. The average Bonchev–Trinajstić information content (AvgIpc) is 2.71. The van der Waals surface area contributed by atoms with Gasteiger partial charge in [0.2, 0.25) is 5.91 Å². The van der Waals surface area contributed by atoms with E-state index >= 15 is 0 Å². The smallest absolute Gasteiger partial charge is 0.230 e. The summed E-state index contributed by atoms with van der Waals surface area (Å²) in [5.41, 5.74) is 1.53. The third-order valence-electron chi connectivity index (χ3n) is 2.63. The second-order valence-corrected chi connectivity index (χ2v) is 6.51. The zero-order valence-electron chi connectivity index (χ0n) is 12.3. The van der Waals surface area contributed by atoms with Gasteiger partial charge in [-0.2, -0.15) is 0 Å². The normalized spacial score (nSPS) is 11.8. The lowest BCUT2D eigenvalue weighted by Gasteiger charge is -2.20. The number of thioether (sulfide) groups is 1. The molecule has 0 aromatic carbocycles. The Bertz CT molecular complexity index is 615. The van der Waals surface area contributed by atoms with Crippen molar-refractivity contribution in [3.63, 3.8) is 0 Å². The van der Waals surface area contributed by atoms with E-state index in [1.165, 1.54) is 11.8 Å². The molecule has 5 nitrogen and oxygen atoms in total. The fourth-order valence-electron chi connectivity index (χ4n) is 1.92. The lowest BCUT2D eigenvalue weighted by Crippen LogP contribution is -2.41. The van der Waals surface area contributed by atoms with Gasteiger partial charge in [-0.3, -0.25) is 4.79 Å². The van der Waals surface area contributed by atoms with Crippen molar-refractivity contribution in [1.29, 1.82) is 0 Å². The quantitative estimate of drug-likeness (QED) is 0.879. The summed E-state index contributed by atoms with van der Waals surface area (Å²) in [5.74, 6) is 0.380. The van der Waals surface area contributed by atoms with Crippen molar-refractivity contribution < 1.29 is 4.79 Å². The SMILES string of the molecule is CCn1c(SCC(=O)NC(C)(C)C)nc2cccnc21. The Morgan fingerprint density at radius 3 is 2.85 bits per heavy atom. The first kappa shape index (κ1) is 14.8. The van der Waals surface area contributed by atoms with Crippen LogP contribution in [0.5, 0.6) is 0 Å². The van der Waals surface area contributed by atoms with Crippen molar-refractivity contribution in [2.45, 2.75) is 44.9 Å². The number of aryl methyl sites for hydroxylation is 1.